The number of aryl methyl sites for hydroxylation is 2. The maximum Gasteiger partial charge on any atom is 0.189 e. The molecule has 1 N–H and O–H groups in total. The van der Waals surface area contributed by atoms with E-state index in [2.05, 4.69) is 44.7 Å². The lowest BCUT2D eigenvalue weighted by molar-refractivity contribution is -0.0507. The summed E-state index contributed by atoms with van der Waals surface area (Å²) in [6, 6.07) is 10.4. The Morgan fingerprint density at radius 2 is 1.84 bits per heavy atom. The Kier molecular flexibility index (Phi) is 8.60. The highest BCUT2D eigenvalue weighted by Gasteiger charge is 2.19. The Labute approximate surface area is 188 Å². The highest BCUT2D eigenvalue weighted by Crippen LogP contribution is 2.43. The molecule has 1 aliphatic rings. The summed E-state index contributed by atoms with van der Waals surface area (Å²) in [5.74, 6) is 0.771. The van der Waals surface area contributed by atoms with Crippen LogP contribution in [0.5, 0.6) is 11.5 Å². The standard InChI is InChI=1S/C28H38O3/c1-5-6-8-11-22-15-17-25(26-18-21(4)14-16-24(26)20(2)3)27(29)28(22)31-19-30-23-12-9-7-10-13-23/h14-18,23,29H,2,5-13,19H2,1,3-4H3. The van der Waals surface area contributed by atoms with Crippen LogP contribution in [0.3, 0.4) is 0 Å². The molecule has 0 atom stereocenters. The number of hydrogen-bond acceptors (Lipinski definition) is 3. The number of ether oxygens (including phenoxy) is 2. The molecule has 2 aromatic rings. The number of aromatic hydroxyl groups is 1. The van der Waals surface area contributed by atoms with Crippen molar-refractivity contribution in [2.24, 2.45) is 0 Å². The predicted molar refractivity (Wildman–Crippen MR) is 130 cm³/mol. The van der Waals surface area contributed by atoms with E-state index in [1.54, 1.807) is 0 Å². The van der Waals surface area contributed by atoms with Gasteiger partial charge in [0.25, 0.3) is 0 Å². The van der Waals surface area contributed by atoms with Gasteiger partial charge in [-0.2, -0.15) is 0 Å². The summed E-state index contributed by atoms with van der Waals surface area (Å²) >= 11 is 0. The molecule has 0 saturated heterocycles. The Morgan fingerprint density at radius 1 is 1.06 bits per heavy atom. The summed E-state index contributed by atoms with van der Waals surface area (Å²) < 4.78 is 12.1. The van der Waals surface area contributed by atoms with Crippen LogP contribution in [-0.2, 0) is 11.2 Å². The van der Waals surface area contributed by atoms with Gasteiger partial charge in [-0.05, 0) is 56.2 Å². The van der Waals surface area contributed by atoms with Crippen LogP contribution in [0.1, 0.15) is 81.9 Å². The molecule has 31 heavy (non-hydrogen) atoms. The Balaban J connectivity index is 1.90. The molecule has 0 unspecified atom stereocenters. The van der Waals surface area contributed by atoms with E-state index in [0.29, 0.717) is 5.75 Å². The molecular formula is C28H38O3. The van der Waals surface area contributed by atoms with Crippen molar-refractivity contribution in [3.05, 3.63) is 53.6 Å². The minimum atomic E-state index is 0.184. The van der Waals surface area contributed by atoms with E-state index < -0.39 is 0 Å². The van der Waals surface area contributed by atoms with Gasteiger partial charge in [-0.25, -0.2) is 0 Å². The Morgan fingerprint density at radius 3 is 2.55 bits per heavy atom. The van der Waals surface area contributed by atoms with Crippen LogP contribution in [0.4, 0.5) is 0 Å². The molecule has 0 heterocycles. The van der Waals surface area contributed by atoms with Gasteiger partial charge in [-0.1, -0.05) is 87.1 Å². The van der Waals surface area contributed by atoms with Crippen molar-refractivity contribution in [2.75, 3.05) is 6.79 Å². The molecular weight excluding hydrogens is 384 g/mol. The summed E-state index contributed by atoms with van der Waals surface area (Å²) in [6.07, 6.45) is 10.5. The maximum atomic E-state index is 11.3. The second-order valence-electron chi connectivity index (χ2n) is 8.93. The minimum absolute atomic E-state index is 0.184. The lowest BCUT2D eigenvalue weighted by atomic mass is 9.92. The van der Waals surface area contributed by atoms with E-state index in [4.69, 9.17) is 9.47 Å². The summed E-state index contributed by atoms with van der Waals surface area (Å²) in [6.45, 7) is 10.6. The molecule has 0 radical (unpaired) electrons. The van der Waals surface area contributed by atoms with E-state index in [1.165, 1.54) is 19.3 Å². The largest absolute Gasteiger partial charge is 0.504 e. The van der Waals surface area contributed by atoms with Crippen molar-refractivity contribution in [3.63, 3.8) is 0 Å². The molecule has 3 nitrogen and oxygen atoms in total. The van der Waals surface area contributed by atoms with E-state index >= 15 is 0 Å². The van der Waals surface area contributed by atoms with Crippen molar-refractivity contribution in [1.29, 1.82) is 0 Å². The fourth-order valence-electron chi connectivity index (χ4n) is 4.43. The number of rotatable bonds is 10. The lowest BCUT2D eigenvalue weighted by Gasteiger charge is -2.23. The summed E-state index contributed by atoms with van der Waals surface area (Å²) in [5, 5.41) is 11.3. The number of phenolic OH excluding ortho intramolecular Hbond substituents is 1. The van der Waals surface area contributed by atoms with E-state index in [0.717, 1.165) is 71.9 Å². The molecule has 0 aromatic heterocycles. The zero-order valence-corrected chi connectivity index (χ0v) is 19.5. The van der Waals surface area contributed by atoms with Crippen LogP contribution < -0.4 is 4.74 Å². The zero-order valence-electron chi connectivity index (χ0n) is 19.5. The fraction of sp³-hybridized carbons (Fsp3) is 0.500. The van der Waals surface area contributed by atoms with E-state index in [-0.39, 0.29) is 18.6 Å². The van der Waals surface area contributed by atoms with E-state index in [9.17, 15) is 5.11 Å². The summed E-state index contributed by atoms with van der Waals surface area (Å²) in [4.78, 5) is 0. The first-order chi connectivity index (χ1) is 15.0. The third-order valence-corrected chi connectivity index (χ3v) is 6.25. The molecule has 1 aliphatic carbocycles. The molecule has 3 rings (SSSR count). The average molecular weight is 423 g/mol. The SMILES string of the molecule is C=C(C)c1ccc(C)cc1-c1ccc(CCCCC)c(OCOC2CCCCC2)c1O. The predicted octanol–water partition coefficient (Wildman–Crippen LogP) is 7.82. The first-order valence-corrected chi connectivity index (χ1v) is 11.9. The summed E-state index contributed by atoms with van der Waals surface area (Å²) in [5.41, 5.74) is 5.99. The minimum Gasteiger partial charge on any atom is -0.504 e. The molecule has 0 spiro atoms. The normalized spacial score (nSPS) is 14.5. The molecule has 0 amide bonds. The average Bonchev–Trinajstić information content (AvgIpc) is 2.76. The second kappa shape index (κ2) is 11.4. The van der Waals surface area contributed by atoms with Gasteiger partial charge >= 0.3 is 0 Å². The zero-order chi connectivity index (χ0) is 22.2. The van der Waals surface area contributed by atoms with Gasteiger partial charge in [0.1, 0.15) is 0 Å². The van der Waals surface area contributed by atoms with Gasteiger partial charge in [0.2, 0.25) is 0 Å². The topological polar surface area (TPSA) is 38.7 Å². The first kappa shape index (κ1) is 23.4. The number of allylic oxidation sites excluding steroid dienone is 1. The monoisotopic (exact) mass is 422 g/mol. The molecule has 0 aliphatic heterocycles. The van der Waals surface area contributed by atoms with Gasteiger partial charge in [0.15, 0.2) is 18.3 Å². The molecule has 3 heteroatoms. The molecule has 1 fully saturated rings. The first-order valence-electron chi connectivity index (χ1n) is 11.9. The van der Waals surface area contributed by atoms with Crippen molar-refractivity contribution in [1.82, 2.24) is 0 Å². The van der Waals surface area contributed by atoms with Crippen molar-refractivity contribution in [3.8, 4) is 22.6 Å². The molecule has 168 valence electrons. The quantitative estimate of drug-likeness (QED) is 0.313. The van der Waals surface area contributed by atoms with Crippen molar-refractivity contribution >= 4 is 5.57 Å². The van der Waals surface area contributed by atoms with Crippen LogP contribution >= 0.6 is 0 Å². The van der Waals surface area contributed by atoms with Gasteiger partial charge in [0.05, 0.1) is 6.10 Å². The number of hydrogen-bond donors (Lipinski definition) is 1. The highest BCUT2D eigenvalue weighted by atomic mass is 16.7. The van der Waals surface area contributed by atoms with Crippen molar-refractivity contribution < 1.29 is 14.6 Å². The fourth-order valence-corrected chi connectivity index (χ4v) is 4.43. The van der Waals surface area contributed by atoms with Gasteiger partial charge in [-0.3, -0.25) is 0 Å². The lowest BCUT2D eigenvalue weighted by Crippen LogP contribution is -2.19. The van der Waals surface area contributed by atoms with Crippen LogP contribution in [0.2, 0.25) is 0 Å². The van der Waals surface area contributed by atoms with Gasteiger partial charge in [-0.15, -0.1) is 0 Å². The van der Waals surface area contributed by atoms with Gasteiger partial charge < -0.3 is 14.6 Å². The highest BCUT2D eigenvalue weighted by molar-refractivity contribution is 5.84. The Hall–Kier alpha value is -2.26. The molecule has 1 saturated carbocycles. The second-order valence-corrected chi connectivity index (χ2v) is 8.93. The van der Waals surface area contributed by atoms with Crippen LogP contribution in [0.15, 0.2) is 36.9 Å². The van der Waals surface area contributed by atoms with Crippen LogP contribution in [-0.4, -0.2) is 18.0 Å². The smallest absolute Gasteiger partial charge is 0.189 e. The third-order valence-electron chi connectivity index (χ3n) is 6.25. The molecule has 0 bridgehead atoms. The third kappa shape index (κ3) is 6.13. The van der Waals surface area contributed by atoms with Crippen LogP contribution in [0, 0.1) is 6.92 Å². The number of benzene rings is 2. The summed E-state index contributed by atoms with van der Waals surface area (Å²) in [7, 11) is 0. The van der Waals surface area contributed by atoms with Gasteiger partial charge in [0, 0.05) is 5.56 Å². The Bertz CT molecular complexity index is 878. The number of unbranched alkanes of at least 4 members (excludes halogenated alkanes) is 2. The molecule has 2 aromatic carbocycles. The maximum absolute atomic E-state index is 11.3. The van der Waals surface area contributed by atoms with Crippen molar-refractivity contribution in [2.45, 2.75) is 84.7 Å². The number of phenols is 1. The van der Waals surface area contributed by atoms with E-state index in [1.807, 2.05) is 13.0 Å². The van der Waals surface area contributed by atoms with Crippen LogP contribution in [0.25, 0.3) is 16.7 Å².